The van der Waals surface area contributed by atoms with Crippen LogP contribution in [0.1, 0.15) is 11.6 Å². The summed E-state index contributed by atoms with van der Waals surface area (Å²) in [5, 5.41) is 0. The highest BCUT2D eigenvalue weighted by Gasteiger charge is 2.04. The second-order valence-electron chi connectivity index (χ2n) is 3.62. The predicted molar refractivity (Wildman–Crippen MR) is 73.2 cm³/mol. The molecular formula is C14H10N4O3. The number of hydrogen-bond donors (Lipinski definition) is 0. The van der Waals surface area contributed by atoms with Crippen molar-refractivity contribution in [3.05, 3.63) is 60.7 Å². The molecule has 104 valence electrons. The lowest BCUT2D eigenvalue weighted by atomic mass is 10.4. The van der Waals surface area contributed by atoms with E-state index in [2.05, 4.69) is 24.7 Å². The summed E-state index contributed by atoms with van der Waals surface area (Å²) in [6, 6.07) is 3.30. The van der Waals surface area contributed by atoms with Gasteiger partial charge in [-0.25, -0.2) is 29.5 Å². The van der Waals surface area contributed by atoms with E-state index in [1.165, 1.54) is 36.9 Å². The van der Waals surface area contributed by atoms with E-state index in [-0.39, 0.29) is 0 Å². The molecule has 0 aliphatic rings. The van der Waals surface area contributed by atoms with Gasteiger partial charge in [-0.3, -0.25) is 0 Å². The Balaban J connectivity index is 1.87. The maximum atomic E-state index is 11.4. The third-order valence-corrected chi connectivity index (χ3v) is 2.11. The summed E-state index contributed by atoms with van der Waals surface area (Å²) in [6.45, 7) is 0. The average molecular weight is 282 g/mol. The van der Waals surface area contributed by atoms with Crippen molar-refractivity contribution in [2.75, 3.05) is 0 Å². The van der Waals surface area contributed by atoms with Gasteiger partial charge in [0.05, 0.1) is 0 Å². The lowest BCUT2D eigenvalue weighted by Gasteiger charge is -1.94. The van der Waals surface area contributed by atoms with Crippen LogP contribution in [0.2, 0.25) is 0 Å². The molecule has 0 atom stereocenters. The Labute approximate surface area is 120 Å². The minimum Gasteiger partial charge on any atom is -0.387 e. The molecule has 7 heteroatoms. The van der Waals surface area contributed by atoms with Crippen molar-refractivity contribution in [2.24, 2.45) is 0 Å². The summed E-state index contributed by atoms with van der Waals surface area (Å²) in [5.41, 5.74) is 0. The topological polar surface area (TPSA) is 94.9 Å². The summed E-state index contributed by atoms with van der Waals surface area (Å²) in [6.07, 6.45) is 11.0. The van der Waals surface area contributed by atoms with Crippen molar-refractivity contribution < 1.29 is 14.3 Å². The van der Waals surface area contributed by atoms with Gasteiger partial charge in [0.15, 0.2) is 11.6 Å². The van der Waals surface area contributed by atoms with Crippen LogP contribution in [0.3, 0.4) is 0 Å². The number of carbonyl (C=O) groups excluding carboxylic acids is 2. The smallest absolute Gasteiger partial charge is 0.338 e. The Morgan fingerprint density at radius 1 is 0.762 bits per heavy atom. The molecule has 0 aliphatic carbocycles. The van der Waals surface area contributed by atoms with Crippen molar-refractivity contribution in [2.45, 2.75) is 0 Å². The van der Waals surface area contributed by atoms with E-state index >= 15 is 0 Å². The van der Waals surface area contributed by atoms with Gasteiger partial charge in [0, 0.05) is 36.9 Å². The van der Waals surface area contributed by atoms with Crippen LogP contribution in [0.15, 0.2) is 49.1 Å². The van der Waals surface area contributed by atoms with E-state index in [1.54, 1.807) is 12.1 Å². The van der Waals surface area contributed by atoms with E-state index in [0.29, 0.717) is 11.6 Å². The molecule has 21 heavy (non-hydrogen) atoms. The van der Waals surface area contributed by atoms with Crippen molar-refractivity contribution in [3.63, 3.8) is 0 Å². The van der Waals surface area contributed by atoms with Crippen molar-refractivity contribution in [1.29, 1.82) is 0 Å². The summed E-state index contributed by atoms with van der Waals surface area (Å²) < 4.78 is 4.53. The van der Waals surface area contributed by atoms with Crippen LogP contribution in [0.4, 0.5) is 0 Å². The fraction of sp³-hybridized carbons (Fsp3) is 0. The van der Waals surface area contributed by atoms with Crippen molar-refractivity contribution >= 4 is 24.1 Å². The zero-order chi connectivity index (χ0) is 14.9. The summed E-state index contributed by atoms with van der Waals surface area (Å²) >= 11 is 0. The van der Waals surface area contributed by atoms with E-state index in [0.717, 1.165) is 12.2 Å². The highest BCUT2D eigenvalue weighted by Crippen LogP contribution is 1.95. The SMILES string of the molecule is O=C(/C=C/c1ncccn1)OC(=O)/C=C/c1ncccn1. The number of rotatable bonds is 4. The van der Waals surface area contributed by atoms with Crippen molar-refractivity contribution in [3.8, 4) is 0 Å². The summed E-state index contributed by atoms with van der Waals surface area (Å²) in [7, 11) is 0. The quantitative estimate of drug-likeness (QED) is 0.470. The molecule has 0 amide bonds. The van der Waals surface area contributed by atoms with Crippen LogP contribution in [-0.2, 0) is 14.3 Å². The van der Waals surface area contributed by atoms with Gasteiger partial charge >= 0.3 is 11.9 Å². The van der Waals surface area contributed by atoms with E-state index in [4.69, 9.17) is 0 Å². The molecule has 0 fully saturated rings. The van der Waals surface area contributed by atoms with Crippen LogP contribution in [0.25, 0.3) is 12.2 Å². The van der Waals surface area contributed by atoms with Crippen LogP contribution in [0.5, 0.6) is 0 Å². The Hall–Kier alpha value is -3.22. The maximum absolute atomic E-state index is 11.4. The first-order valence-corrected chi connectivity index (χ1v) is 5.90. The molecular weight excluding hydrogens is 272 g/mol. The monoisotopic (exact) mass is 282 g/mol. The highest BCUT2D eigenvalue weighted by molar-refractivity contribution is 5.99. The normalized spacial score (nSPS) is 10.9. The third-order valence-electron chi connectivity index (χ3n) is 2.11. The van der Waals surface area contributed by atoms with E-state index < -0.39 is 11.9 Å². The zero-order valence-electron chi connectivity index (χ0n) is 10.8. The molecule has 0 radical (unpaired) electrons. The second-order valence-corrected chi connectivity index (χ2v) is 3.62. The first-order valence-electron chi connectivity index (χ1n) is 5.90. The molecule has 0 saturated heterocycles. The number of ether oxygens (including phenoxy) is 1. The minimum atomic E-state index is -0.814. The summed E-state index contributed by atoms with van der Waals surface area (Å²) in [4.78, 5) is 38.3. The molecule has 0 saturated carbocycles. The molecule has 0 bridgehead atoms. The number of hydrogen-bond acceptors (Lipinski definition) is 7. The Bertz CT molecular complexity index is 610. The molecule has 0 N–H and O–H groups in total. The van der Waals surface area contributed by atoms with Crippen LogP contribution >= 0.6 is 0 Å². The number of aromatic nitrogens is 4. The minimum absolute atomic E-state index is 0.343. The number of esters is 2. The molecule has 2 rings (SSSR count). The van der Waals surface area contributed by atoms with Crippen LogP contribution < -0.4 is 0 Å². The number of nitrogens with zero attached hydrogens (tertiary/aromatic N) is 4. The third kappa shape index (κ3) is 5.11. The van der Waals surface area contributed by atoms with Crippen molar-refractivity contribution in [1.82, 2.24) is 19.9 Å². The van der Waals surface area contributed by atoms with Gasteiger partial charge < -0.3 is 4.74 Å². The molecule has 0 aromatic carbocycles. The Morgan fingerprint density at radius 3 is 1.52 bits per heavy atom. The standard InChI is InChI=1S/C14H10N4O3/c19-13(5-3-11-15-7-1-8-16-11)21-14(20)6-4-12-17-9-2-10-18-12/h1-10H/b5-3+,6-4+. The Kier molecular flexibility index (Phi) is 4.99. The predicted octanol–water partition coefficient (Wildman–Crippen LogP) is 1.06. The number of carbonyl (C=O) groups is 2. The first kappa shape index (κ1) is 14.2. The molecule has 7 nitrogen and oxygen atoms in total. The van der Waals surface area contributed by atoms with Crippen LogP contribution in [-0.4, -0.2) is 31.9 Å². The lowest BCUT2D eigenvalue weighted by molar-refractivity contribution is -0.152. The fourth-order valence-corrected chi connectivity index (χ4v) is 1.25. The molecule has 0 unspecified atom stereocenters. The van der Waals surface area contributed by atoms with Gasteiger partial charge in [-0.05, 0) is 24.3 Å². The van der Waals surface area contributed by atoms with Gasteiger partial charge in [0.1, 0.15) is 0 Å². The van der Waals surface area contributed by atoms with Gasteiger partial charge in [0.2, 0.25) is 0 Å². The average Bonchev–Trinajstić information content (AvgIpc) is 2.53. The molecule has 0 aliphatic heterocycles. The largest absolute Gasteiger partial charge is 0.387 e. The van der Waals surface area contributed by atoms with Gasteiger partial charge in [-0.1, -0.05) is 0 Å². The first-order chi connectivity index (χ1) is 10.2. The second kappa shape index (κ2) is 7.39. The van der Waals surface area contributed by atoms with Crippen LogP contribution in [0, 0.1) is 0 Å². The molecule has 2 aromatic heterocycles. The maximum Gasteiger partial charge on any atom is 0.338 e. The van der Waals surface area contributed by atoms with Gasteiger partial charge in [-0.2, -0.15) is 0 Å². The van der Waals surface area contributed by atoms with E-state index in [1.807, 2.05) is 0 Å². The molecule has 0 spiro atoms. The highest BCUT2D eigenvalue weighted by atomic mass is 16.6. The molecule has 2 aromatic rings. The van der Waals surface area contributed by atoms with E-state index in [9.17, 15) is 9.59 Å². The van der Waals surface area contributed by atoms with Gasteiger partial charge in [-0.15, -0.1) is 0 Å². The zero-order valence-corrected chi connectivity index (χ0v) is 10.8. The fourth-order valence-electron chi connectivity index (χ4n) is 1.25. The summed E-state index contributed by atoms with van der Waals surface area (Å²) in [5.74, 6) is -0.942. The Morgan fingerprint density at radius 2 is 1.14 bits per heavy atom. The molecule has 2 heterocycles. The lowest BCUT2D eigenvalue weighted by Crippen LogP contribution is -2.07. The van der Waals surface area contributed by atoms with Gasteiger partial charge in [0.25, 0.3) is 0 Å².